The number of rotatable bonds is 6. The van der Waals surface area contributed by atoms with Crippen molar-refractivity contribution in [3.63, 3.8) is 0 Å². The predicted molar refractivity (Wildman–Crippen MR) is 125 cm³/mol. The minimum Gasteiger partial charge on any atom is -0.370 e. The van der Waals surface area contributed by atoms with E-state index in [0.29, 0.717) is 17.7 Å². The molecule has 0 saturated carbocycles. The lowest BCUT2D eigenvalue weighted by atomic mass is 9.76. The largest absolute Gasteiger partial charge is 0.370 e. The summed E-state index contributed by atoms with van der Waals surface area (Å²) in [6.45, 7) is 4.13. The maximum atomic E-state index is 13.8. The number of aryl methyl sites for hydroxylation is 1. The van der Waals surface area contributed by atoms with Crippen LogP contribution in [0.2, 0.25) is 0 Å². The lowest BCUT2D eigenvalue weighted by Gasteiger charge is -2.29. The lowest BCUT2D eigenvalue weighted by Crippen LogP contribution is -2.53. The van der Waals surface area contributed by atoms with Crippen molar-refractivity contribution in [1.29, 1.82) is 0 Å². The molecule has 0 aliphatic carbocycles. The molecule has 8 heteroatoms. The normalized spacial score (nSPS) is 27.3. The summed E-state index contributed by atoms with van der Waals surface area (Å²) >= 11 is 0. The highest BCUT2D eigenvalue weighted by Gasteiger charge is 2.70. The molecule has 0 bridgehead atoms. The van der Waals surface area contributed by atoms with Crippen LogP contribution in [0.3, 0.4) is 0 Å². The van der Waals surface area contributed by atoms with Crippen LogP contribution in [0.4, 0.5) is 5.69 Å². The molecule has 8 nitrogen and oxygen atoms in total. The van der Waals surface area contributed by atoms with Crippen LogP contribution in [0.15, 0.2) is 42.5 Å². The van der Waals surface area contributed by atoms with Crippen LogP contribution in [0.5, 0.6) is 0 Å². The van der Waals surface area contributed by atoms with Crippen LogP contribution < -0.4 is 16.4 Å². The van der Waals surface area contributed by atoms with E-state index in [4.69, 9.17) is 5.73 Å². The molecule has 4 N–H and O–H groups in total. The molecule has 2 saturated heterocycles. The molecule has 176 valence electrons. The standard InChI is InChI=1S/C26H28N4O4/c1-14-8-9-17-22(15(14)2)28-25(34)26(17)21-20(18(29-26)10-11-19(27)31)23(32)30(24(21)33)13-12-16-6-4-3-5-7-16/h3-9,18,20-21,29H,10-13H2,1-2H3,(H2,27,31)(H,28,34)/t18?,20-,21+,26?/m1/s1. The van der Waals surface area contributed by atoms with Crippen molar-refractivity contribution in [3.05, 3.63) is 64.7 Å². The molecule has 5 rings (SSSR count). The first-order valence-electron chi connectivity index (χ1n) is 11.6. The summed E-state index contributed by atoms with van der Waals surface area (Å²) in [5.41, 5.74) is 8.38. The highest BCUT2D eigenvalue weighted by molar-refractivity contribution is 6.15. The third-order valence-corrected chi connectivity index (χ3v) is 7.68. The average molecular weight is 461 g/mol. The van der Waals surface area contributed by atoms with E-state index in [1.807, 2.05) is 56.3 Å². The Bertz CT molecular complexity index is 1210. The average Bonchev–Trinajstić information content (AvgIpc) is 3.39. The van der Waals surface area contributed by atoms with E-state index in [-0.39, 0.29) is 37.1 Å². The number of likely N-dealkylation sites (tertiary alicyclic amines) is 1. The Labute approximate surface area is 197 Å². The fourth-order valence-corrected chi connectivity index (χ4v) is 5.83. The molecule has 0 radical (unpaired) electrons. The van der Waals surface area contributed by atoms with Crippen LogP contribution in [-0.4, -0.2) is 41.1 Å². The number of imide groups is 1. The van der Waals surface area contributed by atoms with Gasteiger partial charge < -0.3 is 11.1 Å². The third-order valence-electron chi connectivity index (χ3n) is 7.68. The molecule has 34 heavy (non-hydrogen) atoms. The Morgan fingerprint density at radius 3 is 2.50 bits per heavy atom. The molecule has 2 aromatic carbocycles. The number of carbonyl (C=O) groups is 4. The Hall–Kier alpha value is -3.52. The molecular weight excluding hydrogens is 432 g/mol. The second-order valence-electron chi connectivity index (χ2n) is 9.52. The fourth-order valence-electron chi connectivity index (χ4n) is 5.83. The summed E-state index contributed by atoms with van der Waals surface area (Å²) < 4.78 is 0. The number of nitrogens with one attached hydrogen (secondary N) is 2. The number of benzene rings is 2. The first kappa shape index (κ1) is 22.3. The van der Waals surface area contributed by atoms with Crippen molar-refractivity contribution in [1.82, 2.24) is 10.2 Å². The summed E-state index contributed by atoms with van der Waals surface area (Å²) in [4.78, 5) is 53.7. The van der Waals surface area contributed by atoms with Gasteiger partial charge in [-0.05, 0) is 43.4 Å². The van der Waals surface area contributed by atoms with Gasteiger partial charge in [0.1, 0.15) is 5.54 Å². The summed E-state index contributed by atoms with van der Waals surface area (Å²) in [6, 6.07) is 12.9. The zero-order valence-electron chi connectivity index (χ0n) is 19.3. The molecule has 3 heterocycles. The number of nitrogens with zero attached hydrogens (tertiary/aromatic N) is 1. The predicted octanol–water partition coefficient (Wildman–Crippen LogP) is 1.53. The fraction of sp³-hybridized carbons (Fsp3) is 0.385. The quantitative estimate of drug-likeness (QED) is 0.565. The molecule has 2 unspecified atom stereocenters. The van der Waals surface area contributed by atoms with Gasteiger partial charge in [-0.3, -0.25) is 29.4 Å². The van der Waals surface area contributed by atoms with Gasteiger partial charge >= 0.3 is 0 Å². The number of amides is 4. The summed E-state index contributed by atoms with van der Waals surface area (Å²) in [5.74, 6) is -3.08. The van der Waals surface area contributed by atoms with Crippen molar-refractivity contribution in [2.24, 2.45) is 17.6 Å². The van der Waals surface area contributed by atoms with Crippen LogP contribution in [-0.2, 0) is 31.1 Å². The number of fused-ring (bicyclic) bond motifs is 4. The number of anilines is 1. The van der Waals surface area contributed by atoms with Gasteiger partial charge in [0.25, 0.3) is 0 Å². The first-order chi connectivity index (χ1) is 16.3. The van der Waals surface area contributed by atoms with E-state index in [2.05, 4.69) is 10.6 Å². The highest BCUT2D eigenvalue weighted by atomic mass is 16.2. The Morgan fingerprint density at radius 2 is 1.79 bits per heavy atom. The van der Waals surface area contributed by atoms with Crippen molar-refractivity contribution < 1.29 is 19.2 Å². The number of carbonyl (C=O) groups excluding carboxylic acids is 4. The topological polar surface area (TPSA) is 122 Å². The molecule has 3 aliphatic rings. The van der Waals surface area contributed by atoms with Gasteiger partial charge in [0, 0.05) is 30.3 Å². The molecule has 4 amide bonds. The lowest BCUT2D eigenvalue weighted by molar-refractivity contribution is -0.142. The monoisotopic (exact) mass is 460 g/mol. The van der Waals surface area contributed by atoms with E-state index in [0.717, 1.165) is 16.7 Å². The summed E-state index contributed by atoms with van der Waals surface area (Å²) in [6.07, 6.45) is 0.867. The smallest absolute Gasteiger partial charge is 0.250 e. The Morgan fingerprint density at radius 1 is 1.06 bits per heavy atom. The molecular formula is C26H28N4O4. The number of nitrogens with two attached hydrogens (primary N) is 1. The van der Waals surface area contributed by atoms with E-state index in [1.165, 1.54) is 4.90 Å². The van der Waals surface area contributed by atoms with Gasteiger partial charge in [0.05, 0.1) is 11.8 Å². The van der Waals surface area contributed by atoms with Gasteiger partial charge in [-0.2, -0.15) is 0 Å². The molecule has 3 aliphatic heterocycles. The Kier molecular flexibility index (Phi) is 5.28. The van der Waals surface area contributed by atoms with Crippen molar-refractivity contribution in [3.8, 4) is 0 Å². The SMILES string of the molecule is Cc1ccc2c(c1C)NC(=O)C21NC(CCC(N)=O)[C@H]2C(=O)N(CCc3ccccc3)C(=O)[C@H]21. The zero-order chi connectivity index (χ0) is 24.2. The Balaban J connectivity index is 1.55. The van der Waals surface area contributed by atoms with Gasteiger partial charge in [-0.1, -0.05) is 42.5 Å². The van der Waals surface area contributed by atoms with Gasteiger partial charge in [0.2, 0.25) is 23.6 Å². The second-order valence-corrected chi connectivity index (χ2v) is 9.52. The van der Waals surface area contributed by atoms with Crippen LogP contribution in [0, 0.1) is 25.7 Å². The molecule has 1 spiro atoms. The number of hydrogen-bond acceptors (Lipinski definition) is 5. The maximum absolute atomic E-state index is 13.8. The van der Waals surface area contributed by atoms with Crippen LogP contribution >= 0.6 is 0 Å². The van der Waals surface area contributed by atoms with E-state index in [9.17, 15) is 19.2 Å². The molecule has 0 aromatic heterocycles. The molecule has 4 atom stereocenters. The highest BCUT2D eigenvalue weighted by Crippen LogP contribution is 2.54. The summed E-state index contributed by atoms with van der Waals surface area (Å²) in [7, 11) is 0. The van der Waals surface area contributed by atoms with E-state index in [1.54, 1.807) is 0 Å². The van der Waals surface area contributed by atoms with E-state index >= 15 is 0 Å². The van der Waals surface area contributed by atoms with Crippen LogP contribution in [0.25, 0.3) is 0 Å². The van der Waals surface area contributed by atoms with Crippen LogP contribution in [0.1, 0.15) is 35.1 Å². The maximum Gasteiger partial charge on any atom is 0.250 e. The minimum absolute atomic E-state index is 0.0594. The second kappa shape index (κ2) is 8.06. The van der Waals surface area contributed by atoms with Crippen molar-refractivity contribution >= 4 is 29.3 Å². The van der Waals surface area contributed by atoms with Crippen molar-refractivity contribution in [2.45, 2.75) is 44.7 Å². The molecule has 2 aromatic rings. The van der Waals surface area contributed by atoms with Gasteiger partial charge in [-0.15, -0.1) is 0 Å². The van der Waals surface area contributed by atoms with Crippen molar-refractivity contribution in [2.75, 3.05) is 11.9 Å². The zero-order valence-corrected chi connectivity index (χ0v) is 19.3. The third kappa shape index (κ3) is 3.16. The number of primary amides is 1. The molecule has 2 fully saturated rings. The number of hydrogen-bond donors (Lipinski definition) is 3. The van der Waals surface area contributed by atoms with Gasteiger partial charge in [-0.25, -0.2) is 0 Å². The van der Waals surface area contributed by atoms with E-state index < -0.39 is 29.3 Å². The van der Waals surface area contributed by atoms with Gasteiger partial charge in [0.15, 0.2) is 0 Å². The first-order valence-corrected chi connectivity index (χ1v) is 11.6. The summed E-state index contributed by atoms with van der Waals surface area (Å²) in [5, 5.41) is 6.31. The minimum atomic E-state index is -1.35.